The van der Waals surface area contributed by atoms with Crippen molar-refractivity contribution in [1.29, 1.82) is 0 Å². The van der Waals surface area contributed by atoms with Crippen molar-refractivity contribution in [3.8, 4) is 0 Å². The van der Waals surface area contributed by atoms with Crippen LogP contribution in [-0.4, -0.2) is 56.6 Å². The molecule has 0 aromatic carbocycles. The highest BCUT2D eigenvalue weighted by molar-refractivity contribution is 6.06. The van der Waals surface area contributed by atoms with Crippen molar-refractivity contribution < 1.29 is 14.4 Å². The van der Waals surface area contributed by atoms with Gasteiger partial charge in [-0.1, -0.05) is 12.8 Å². The van der Waals surface area contributed by atoms with Gasteiger partial charge in [-0.3, -0.25) is 14.5 Å². The van der Waals surface area contributed by atoms with Crippen LogP contribution >= 0.6 is 0 Å². The summed E-state index contributed by atoms with van der Waals surface area (Å²) in [6.45, 7) is -0.145. The highest BCUT2D eigenvalue weighted by Crippen LogP contribution is 2.32. The van der Waals surface area contributed by atoms with Crippen LogP contribution in [0.3, 0.4) is 0 Å². The second-order valence-corrected chi connectivity index (χ2v) is 6.77. The Labute approximate surface area is 139 Å². The molecular weight excluding hydrogens is 310 g/mol. The fourth-order valence-electron chi connectivity index (χ4n) is 3.57. The van der Waals surface area contributed by atoms with Crippen LogP contribution in [0.5, 0.6) is 0 Å². The third kappa shape index (κ3) is 2.76. The molecular formula is C16H21N5O3. The van der Waals surface area contributed by atoms with Gasteiger partial charge < -0.3 is 10.2 Å². The number of hydrogen-bond acceptors (Lipinski definition) is 4. The summed E-state index contributed by atoms with van der Waals surface area (Å²) in [7, 11) is 0. The number of aromatic nitrogens is 2. The minimum Gasteiger partial charge on any atom is -0.312 e. The molecule has 1 aliphatic heterocycles. The van der Waals surface area contributed by atoms with Gasteiger partial charge in [-0.2, -0.15) is 5.10 Å². The van der Waals surface area contributed by atoms with E-state index in [-0.39, 0.29) is 37.0 Å². The summed E-state index contributed by atoms with van der Waals surface area (Å²) in [6, 6.07) is 1.90. The fraction of sp³-hybridized carbons (Fsp3) is 0.625. The van der Waals surface area contributed by atoms with Crippen molar-refractivity contribution in [1.82, 2.24) is 19.6 Å². The quantitative estimate of drug-likeness (QED) is 0.825. The molecule has 1 aromatic rings. The minimum absolute atomic E-state index is 0.0940. The lowest BCUT2D eigenvalue weighted by Gasteiger charge is -2.17. The molecule has 128 valence electrons. The van der Waals surface area contributed by atoms with Gasteiger partial charge in [0.2, 0.25) is 5.91 Å². The number of carbonyl (C=O) groups is 3. The minimum atomic E-state index is -0.367. The Bertz CT molecular complexity index is 675. The predicted molar refractivity (Wildman–Crippen MR) is 85.2 cm³/mol. The van der Waals surface area contributed by atoms with Crippen LogP contribution in [-0.2, 0) is 9.59 Å². The van der Waals surface area contributed by atoms with E-state index in [2.05, 4.69) is 10.4 Å². The van der Waals surface area contributed by atoms with Gasteiger partial charge in [0.05, 0.1) is 12.2 Å². The second kappa shape index (κ2) is 5.92. The van der Waals surface area contributed by atoms with Crippen LogP contribution in [0.4, 0.5) is 10.6 Å². The monoisotopic (exact) mass is 331 g/mol. The summed E-state index contributed by atoms with van der Waals surface area (Å²) in [5, 5.41) is 7.09. The molecule has 2 heterocycles. The van der Waals surface area contributed by atoms with Crippen molar-refractivity contribution >= 4 is 23.7 Å². The first-order valence-electron chi connectivity index (χ1n) is 8.58. The van der Waals surface area contributed by atoms with Crippen molar-refractivity contribution in [3.05, 3.63) is 12.3 Å². The molecule has 0 radical (unpaired) electrons. The maximum absolute atomic E-state index is 12.3. The molecule has 3 aliphatic rings. The Balaban J connectivity index is 1.39. The normalized spacial score (nSPS) is 21.8. The number of hydrogen-bond donors (Lipinski definition) is 1. The number of urea groups is 1. The van der Waals surface area contributed by atoms with Gasteiger partial charge in [-0.05, 0) is 25.7 Å². The van der Waals surface area contributed by atoms with Gasteiger partial charge >= 0.3 is 6.03 Å². The Kier molecular flexibility index (Phi) is 3.74. The maximum atomic E-state index is 12.3. The van der Waals surface area contributed by atoms with Crippen molar-refractivity contribution in [2.24, 2.45) is 0 Å². The van der Waals surface area contributed by atoms with Gasteiger partial charge in [-0.15, -0.1) is 0 Å². The number of carbonyl (C=O) groups excluding carboxylic acids is 3. The SMILES string of the molecule is O=C(CN1C(=O)CN(C2CC2)C1=O)Nc1ccnn1C1CCCC1. The van der Waals surface area contributed by atoms with Gasteiger partial charge in [-0.25, -0.2) is 9.48 Å². The molecule has 3 fully saturated rings. The highest BCUT2D eigenvalue weighted by atomic mass is 16.2. The molecule has 0 spiro atoms. The number of anilines is 1. The van der Waals surface area contributed by atoms with Gasteiger partial charge in [0, 0.05) is 12.1 Å². The van der Waals surface area contributed by atoms with E-state index in [0.717, 1.165) is 30.6 Å². The van der Waals surface area contributed by atoms with Crippen LogP contribution in [0.15, 0.2) is 12.3 Å². The van der Waals surface area contributed by atoms with Crippen LogP contribution in [0.2, 0.25) is 0 Å². The van der Waals surface area contributed by atoms with Crippen LogP contribution < -0.4 is 5.32 Å². The van der Waals surface area contributed by atoms with Crippen molar-refractivity contribution in [2.75, 3.05) is 18.4 Å². The van der Waals surface area contributed by atoms with E-state index in [1.807, 2.05) is 4.68 Å². The van der Waals surface area contributed by atoms with Crippen molar-refractivity contribution in [3.63, 3.8) is 0 Å². The number of imide groups is 1. The smallest absolute Gasteiger partial charge is 0.312 e. The second-order valence-electron chi connectivity index (χ2n) is 6.77. The van der Waals surface area contributed by atoms with Gasteiger partial charge in [0.1, 0.15) is 18.9 Å². The summed E-state index contributed by atoms with van der Waals surface area (Å²) in [4.78, 5) is 39.2. The molecule has 4 amide bonds. The molecule has 1 N–H and O–H groups in total. The number of nitrogens with zero attached hydrogens (tertiary/aromatic N) is 4. The Morgan fingerprint density at radius 3 is 2.62 bits per heavy atom. The van der Waals surface area contributed by atoms with E-state index in [9.17, 15) is 14.4 Å². The van der Waals surface area contributed by atoms with E-state index in [1.54, 1.807) is 17.2 Å². The van der Waals surface area contributed by atoms with E-state index < -0.39 is 0 Å². The first kappa shape index (κ1) is 15.2. The molecule has 2 saturated carbocycles. The standard InChI is InChI=1S/C16H21N5O3/c22-14(9-20-15(23)10-19(16(20)24)11-5-6-11)18-13-7-8-17-21(13)12-3-1-2-4-12/h7-8,11-12H,1-6,9-10H2,(H,18,22). The third-order valence-corrected chi connectivity index (χ3v) is 4.98. The summed E-state index contributed by atoms with van der Waals surface area (Å²) < 4.78 is 1.84. The topological polar surface area (TPSA) is 87.5 Å². The first-order valence-corrected chi connectivity index (χ1v) is 8.58. The molecule has 0 bridgehead atoms. The Morgan fingerprint density at radius 2 is 1.92 bits per heavy atom. The molecule has 8 nitrogen and oxygen atoms in total. The van der Waals surface area contributed by atoms with E-state index in [4.69, 9.17) is 0 Å². The number of rotatable bonds is 5. The zero-order chi connectivity index (χ0) is 16.7. The molecule has 24 heavy (non-hydrogen) atoms. The number of nitrogens with one attached hydrogen (secondary N) is 1. The van der Waals surface area contributed by atoms with E-state index in [0.29, 0.717) is 11.9 Å². The lowest BCUT2D eigenvalue weighted by Crippen LogP contribution is -2.39. The summed E-state index contributed by atoms with van der Waals surface area (Å²) in [6.07, 6.45) is 8.01. The van der Waals surface area contributed by atoms with Crippen LogP contribution in [0.1, 0.15) is 44.6 Å². The lowest BCUT2D eigenvalue weighted by atomic mass is 10.2. The van der Waals surface area contributed by atoms with Gasteiger partial charge in [0.15, 0.2) is 0 Å². The molecule has 1 aromatic heterocycles. The van der Waals surface area contributed by atoms with E-state index >= 15 is 0 Å². The highest BCUT2D eigenvalue weighted by Gasteiger charge is 2.44. The number of amides is 4. The Morgan fingerprint density at radius 1 is 1.17 bits per heavy atom. The van der Waals surface area contributed by atoms with E-state index in [1.165, 1.54) is 12.8 Å². The zero-order valence-corrected chi connectivity index (χ0v) is 13.5. The summed E-state index contributed by atoms with van der Waals surface area (Å²) in [5.41, 5.74) is 0. The first-order chi connectivity index (χ1) is 11.6. The predicted octanol–water partition coefficient (Wildman–Crippen LogP) is 1.36. The Hall–Kier alpha value is -2.38. The van der Waals surface area contributed by atoms with Gasteiger partial charge in [0.25, 0.3) is 5.91 Å². The van der Waals surface area contributed by atoms with Crippen LogP contribution in [0.25, 0.3) is 0 Å². The fourth-order valence-corrected chi connectivity index (χ4v) is 3.57. The molecule has 0 unspecified atom stereocenters. The van der Waals surface area contributed by atoms with Crippen molar-refractivity contribution in [2.45, 2.75) is 50.6 Å². The molecule has 8 heteroatoms. The lowest BCUT2D eigenvalue weighted by molar-refractivity contribution is -0.129. The largest absolute Gasteiger partial charge is 0.327 e. The average molecular weight is 331 g/mol. The van der Waals surface area contributed by atoms with Crippen LogP contribution in [0, 0.1) is 0 Å². The molecule has 1 saturated heterocycles. The maximum Gasteiger partial charge on any atom is 0.327 e. The zero-order valence-electron chi connectivity index (χ0n) is 13.5. The average Bonchev–Trinajstić information content (AvgIpc) is 2.94. The molecule has 2 aliphatic carbocycles. The summed E-state index contributed by atoms with van der Waals surface area (Å²) >= 11 is 0. The third-order valence-electron chi connectivity index (χ3n) is 4.98. The molecule has 0 atom stereocenters. The molecule has 4 rings (SSSR count). The summed E-state index contributed by atoms with van der Waals surface area (Å²) in [5.74, 6) is -0.0366.